The highest BCUT2D eigenvalue weighted by Gasteiger charge is 2.32. The Labute approximate surface area is 112 Å². The Morgan fingerprint density at radius 2 is 2.06 bits per heavy atom. The number of anilines is 2. The number of nitrogens with two attached hydrogens (primary N) is 1. The van der Waals surface area contributed by atoms with Gasteiger partial charge in [0, 0.05) is 6.54 Å². The van der Waals surface area contributed by atoms with Crippen LogP contribution in [0, 0.1) is 6.92 Å². The molecule has 0 unspecified atom stereocenters. The van der Waals surface area contributed by atoms with Gasteiger partial charge >= 0.3 is 6.18 Å². The van der Waals surface area contributed by atoms with Gasteiger partial charge < -0.3 is 10.6 Å². The molecule has 1 aromatic heterocycles. The zero-order valence-corrected chi connectivity index (χ0v) is 11.8. The summed E-state index contributed by atoms with van der Waals surface area (Å²) in [6.07, 6.45) is -2.27. The molecule has 2 N–H and O–H groups in total. The van der Waals surface area contributed by atoms with Crippen molar-refractivity contribution in [2.24, 2.45) is 0 Å². The van der Waals surface area contributed by atoms with Crippen LogP contribution in [0.25, 0.3) is 0 Å². The van der Waals surface area contributed by atoms with Crippen LogP contribution in [0.15, 0.2) is 10.7 Å². The van der Waals surface area contributed by atoms with Crippen molar-refractivity contribution in [1.29, 1.82) is 0 Å². The summed E-state index contributed by atoms with van der Waals surface area (Å²) in [6, 6.07) is 0. The first-order chi connectivity index (χ1) is 8.26. The number of aromatic nitrogens is 1. The van der Waals surface area contributed by atoms with E-state index in [0.717, 1.165) is 0 Å². The van der Waals surface area contributed by atoms with Crippen LogP contribution in [0.4, 0.5) is 24.7 Å². The molecule has 1 aromatic rings. The maximum atomic E-state index is 12.5. The molecule has 0 fully saturated rings. The van der Waals surface area contributed by atoms with Crippen molar-refractivity contribution < 1.29 is 13.2 Å². The van der Waals surface area contributed by atoms with Gasteiger partial charge in [-0.1, -0.05) is 6.92 Å². The normalized spacial score (nSPS) is 11.7. The summed E-state index contributed by atoms with van der Waals surface area (Å²) < 4.78 is 38.1. The second kappa shape index (κ2) is 5.77. The second-order valence-electron chi connectivity index (χ2n) is 4.01. The summed E-state index contributed by atoms with van der Waals surface area (Å²) >= 11 is 3.26. The summed E-state index contributed by atoms with van der Waals surface area (Å²) in [5.41, 5.74) is 6.81. The third-order valence-electron chi connectivity index (χ3n) is 2.45. The Kier molecular flexibility index (Phi) is 4.84. The third-order valence-corrected chi connectivity index (χ3v) is 3.40. The van der Waals surface area contributed by atoms with E-state index in [1.807, 2.05) is 6.92 Å². The van der Waals surface area contributed by atoms with E-state index >= 15 is 0 Å². The number of nitrogens with zero attached hydrogens (tertiary/aromatic N) is 2. The minimum atomic E-state index is -4.26. The lowest BCUT2D eigenvalue weighted by molar-refractivity contribution is -0.119. The van der Waals surface area contributed by atoms with Gasteiger partial charge in [-0.3, -0.25) is 0 Å². The molecule has 7 heteroatoms. The van der Waals surface area contributed by atoms with Gasteiger partial charge in [0.05, 0.1) is 16.4 Å². The van der Waals surface area contributed by atoms with Gasteiger partial charge in [0.25, 0.3) is 0 Å². The van der Waals surface area contributed by atoms with Gasteiger partial charge in [-0.05, 0) is 34.8 Å². The zero-order valence-electron chi connectivity index (χ0n) is 10.2. The number of nitrogen functional groups attached to an aromatic ring is 1. The highest BCUT2D eigenvalue weighted by atomic mass is 79.9. The van der Waals surface area contributed by atoms with E-state index in [0.29, 0.717) is 22.1 Å². The van der Waals surface area contributed by atoms with E-state index in [1.165, 1.54) is 11.1 Å². The number of rotatable bonds is 4. The minimum Gasteiger partial charge on any atom is -0.397 e. The van der Waals surface area contributed by atoms with Crippen molar-refractivity contribution in [1.82, 2.24) is 4.98 Å². The summed E-state index contributed by atoms with van der Waals surface area (Å²) in [5.74, 6) is 0.279. The van der Waals surface area contributed by atoms with Gasteiger partial charge in [-0.2, -0.15) is 13.2 Å². The van der Waals surface area contributed by atoms with Crippen LogP contribution in [0.2, 0.25) is 0 Å². The average molecular weight is 326 g/mol. The molecule has 1 heterocycles. The van der Waals surface area contributed by atoms with Crippen molar-refractivity contribution in [2.75, 3.05) is 23.7 Å². The molecule has 102 valence electrons. The summed E-state index contributed by atoms with van der Waals surface area (Å²) in [4.78, 5) is 5.20. The molecule has 0 aromatic carbocycles. The van der Waals surface area contributed by atoms with E-state index in [2.05, 4.69) is 20.9 Å². The highest BCUT2D eigenvalue weighted by molar-refractivity contribution is 9.10. The number of alkyl halides is 3. The molecule has 0 spiro atoms. The predicted molar refractivity (Wildman–Crippen MR) is 69.6 cm³/mol. The molecule has 1 rings (SSSR count). The minimum absolute atomic E-state index is 0.279. The first-order valence-corrected chi connectivity index (χ1v) is 6.27. The van der Waals surface area contributed by atoms with Gasteiger partial charge in [0.2, 0.25) is 0 Å². The van der Waals surface area contributed by atoms with Crippen molar-refractivity contribution in [3.63, 3.8) is 0 Å². The Bertz CT molecular complexity index is 421. The van der Waals surface area contributed by atoms with Crippen LogP contribution in [0.3, 0.4) is 0 Å². The van der Waals surface area contributed by atoms with E-state index in [4.69, 9.17) is 5.73 Å². The Hall–Kier alpha value is -0.980. The van der Waals surface area contributed by atoms with Crippen molar-refractivity contribution in [3.8, 4) is 0 Å². The maximum Gasteiger partial charge on any atom is 0.405 e. The SMILES string of the molecule is CCCN(CC(F)(F)F)c1ncc(N)c(C)c1Br. The van der Waals surface area contributed by atoms with Crippen LogP contribution in [-0.4, -0.2) is 24.2 Å². The van der Waals surface area contributed by atoms with Crippen LogP contribution >= 0.6 is 15.9 Å². The van der Waals surface area contributed by atoms with Crippen molar-refractivity contribution in [3.05, 3.63) is 16.2 Å². The maximum absolute atomic E-state index is 12.5. The fraction of sp³-hybridized carbons (Fsp3) is 0.545. The number of halogens is 4. The van der Waals surface area contributed by atoms with E-state index < -0.39 is 12.7 Å². The lowest BCUT2D eigenvalue weighted by Gasteiger charge is -2.26. The topological polar surface area (TPSA) is 42.2 Å². The second-order valence-corrected chi connectivity index (χ2v) is 4.81. The van der Waals surface area contributed by atoms with Crippen LogP contribution in [-0.2, 0) is 0 Å². The molecular formula is C11H15BrF3N3. The molecule has 0 radical (unpaired) electrons. The van der Waals surface area contributed by atoms with Crippen LogP contribution in [0.5, 0.6) is 0 Å². The molecule has 0 saturated heterocycles. The molecule has 0 saturated carbocycles. The molecule has 0 aliphatic carbocycles. The standard InChI is InChI=1S/C11H15BrF3N3/c1-3-4-18(6-11(13,14)15)10-9(12)7(2)8(16)5-17-10/h5H,3-4,6,16H2,1-2H3. The average Bonchev–Trinajstić information content (AvgIpc) is 2.24. The van der Waals surface area contributed by atoms with Crippen molar-refractivity contribution >= 4 is 27.4 Å². The van der Waals surface area contributed by atoms with E-state index in [1.54, 1.807) is 6.92 Å². The van der Waals surface area contributed by atoms with Gasteiger partial charge in [-0.25, -0.2) is 4.98 Å². The largest absolute Gasteiger partial charge is 0.405 e. The quantitative estimate of drug-likeness (QED) is 0.921. The van der Waals surface area contributed by atoms with Gasteiger partial charge in [0.1, 0.15) is 12.4 Å². The summed E-state index contributed by atoms with van der Waals surface area (Å²) in [7, 11) is 0. The molecule has 0 amide bonds. The molecule has 3 nitrogen and oxygen atoms in total. The van der Waals surface area contributed by atoms with Crippen LogP contribution in [0.1, 0.15) is 18.9 Å². The first kappa shape index (κ1) is 15.1. The molecule has 0 atom stereocenters. The predicted octanol–water partition coefficient (Wildman–Crippen LogP) is 3.51. The third kappa shape index (κ3) is 3.76. The number of hydrogen-bond donors (Lipinski definition) is 1. The molecule has 0 aliphatic heterocycles. The fourth-order valence-electron chi connectivity index (χ4n) is 1.55. The van der Waals surface area contributed by atoms with E-state index in [-0.39, 0.29) is 12.4 Å². The van der Waals surface area contributed by atoms with Crippen molar-refractivity contribution in [2.45, 2.75) is 26.4 Å². The Balaban J connectivity index is 3.10. The highest BCUT2D eigenvalue weighted by Crippen LogP contribution is 2.32. The fourth-order valence-corrected chi connectivity index (χ4v) is 2.13. The molecule has 0 aliphatic rings. The molecule has 0 bridgehead atoms. The Morgan fingerprint density at radius 3 is 2.56 bits per heavy atom. The summed E-state index contributed by atoms with van der Waals surface area (Å²) in [5, 5.41) is 0. The van der Waals surface area contributed by atoms with Crippen LogP contribution < -0.4 is 10.6 Å². The molecular weight excluding hydrogens is 311 g/mol. The van der Waals surface area contributed by atoms with Gasteiger partial charge in [0.15, 0.2) is 0 Å². The summed E-state index contributed by atoms with van der Waals surface area (Å²) in [6.45, 7) is 2.83. The number of hydrogen-bond acceptors (Lipinski definition) is 3. The lowest BCUT2D eigenvalue weighted by atomic mass is 10.2. The smallest absolute Gasteiger partial charge is 0.397 e. The lowest BCUT2D eigenvalue weighted by Crippen LogP contribution is -2.35. The molecule has 18 heavy (non-hydrogen) atoms. The zero-order chi connectivity index (χ0) is 13.9. The van der Waals surface area contributed by atoms with Gasteiger partial charge in [-0.15, -0.1) is 0 Å². The first-order valence-electron chi connectivity index (χ1n) is 5.48. The Morgan fingerprint density at radius 1 is 1.44 bits per heavy atom. The van der Waals surface area contributed by atoms with E-state index in [9.17, 15) is 13.2 Å². The monoisotopic (exact) mass is 325 g/mol. The number of pyridine rings is 1.